The second-order valence-corrected chi connectivity index (χ2v) is 15.1. The average molecular weight is 739 g/mol. The van der Waals surface area contributed by atoms with Gasteiger partial charge in [0.25, 0.3) is 0 Å². The van der Waals surface area contributed by atoms with Gasteiger partial charge in [0.2, 0.25) is 0 Å². The van der Waals surface area contributed by atoms with E-state index in [0.717, 1.165) is 78.0 Å². The van der Waals surface area contributed by atoms with E-state index in [2.05, 4.69) is 194 Å². The molecule has 10 aromatic carbocycles. The molecule has 12 rings (SSSR count). The molecule has 0 atom stereocenters. The van der Waals surface area contributed by atoms with E-state index in [4.69, 9.17) is 8.83 Å². The van der Waals surface area contributed by atoms with Gasteiger partial charge in [0.05, 0.1) is 0 Å². The standard InChI is InChI=1S/C56H34O2/c1-5-13-35(14-6-1)53-47-31-25-41(33-49(47)57-55(53)39-17-9-3-10-18-39)43-27-21-37-24-30-46-44(28-22-38-23-29-45(43)51(37)52(38)46)42-26-32-48-50(34-42)58-56(40-19-11-4-12-20-40)54(48)36-15-7-2-8-16-36/h1-34H. The van der Waals surface area contributed by atoms with Gasteiger partial charge in [-0.1, -0.05) is 182 Å². The molecule has 0 aliphatic rings. The highest BCUT2D eigenvalue weighted by Gasteiger charge is 2.22. The predicted molar refractivity (Wildman–Crippen MR) is 242 cm³/mol. The Labute approximate surface area is 335 Å². The van der Waals surface area contributed by atoms with Crippen LogP contribution in [0.15, 0.2) is 215 Å². The van der Waals surface area contributed by atoms with Crippen LogP contribution in [-0.2, 0) is 0 Å². The Bertz CT molecular complexity index is 3230. The molecule has 58 heavy (non-hydrogen) atoms. The van der Waals surface area contributed by atoms with Gasteiger partial charge in [-0.15, -0.1) is 0 Å². The summed E-state index contributed by atoms with van der Waals surface area (Å²) in [4.78, 5) is 0. The van der Waals surface area contributed by atoms with Gasteiger partial charge in [0.1, 0.15) is 22.7 Å². The van der Waals surface area contributed by atoms with Crippen LogP contribution < -0.4 is 0 Å². The molecule has 0 saturated heterocycles. The molecule has 0 bridgehead atoms. The third kappa shape index (κ3) is 5.05. The van der Waals surface area contributed by atoms with Crippen LogP contribution in [0.25, 0.3) is 121 Å². The second-order valence-electron chi connectivity index (χ2n) is 15.1. The quantitative estimate of drug-likeness (QED) is 0.159. The molecule has 0 saturated carbocycles. The first-order valence-electron chi connectivity index (χ1n) is 19.8. The summed E-state index contributed by atoms with van der Waals surface area (Å²) in [6.07, 6.45) is 0. The molecule has 2 heteroatoms. The van der Waals surface area contributed by atoms with E-state index in [1.54, 1.807) is 0 Å². The zero-order chi connectivity index (χ0) is 38.2. The fraction of sp³-hybridized carbons (Fsp3) is 0. The van der Waals surface area contributed by atoms with Crippen LogP contribution in [0.1, 0.15) is 0 Å². The fourth-order valence-electron chi connectivity index (χ4n) is 9.20. The van der Waals surface area contributed by atoms with Gasteiger partial charge in [-0.05, 0) is 90.0 Å². The third-order valence-electron chi connectivity index (χ3n) is 11.9. The molecule has 270 valence electrons. The van der Waals surface area contributed by atoms with E-state index in [0.29, 0.717) is 0 Å². The highest BCUT2D eigenvalue weighted by atomic mass is 16.3. The first kappa shape index (κ1) is 32.6. The van der Waals surface area contributed by atoms with Gasteiger partial charge >= 0.3 is 0 Å². The maximum Gasteiger partial charge on any atom is 0.143 e. The number of hydrogen-bond donors (Lipinski definition) is 0. The number of furan rings is 2. The normalized spacial score (nSPS) is 11.8. The Balaban J connectivity index is 1.02. The zero-order valence-corrected chi connectivity index (χ0v) is 31.4. The Kier molecular flexibility index (Phi) is 7.26. The molecule has 2 aromatic heterocycles. The summed E-state index contributed by atoms with van der Waals surface area (Å²) in [5, 5.41) is 9.69. The molecule has 0 unspecified atom stereocenters. The van der Waals surface area contributed by atoms with Crippen LogP contribution in [-0.4, -0.2) is 0 Å². The second kappa shape index (κ2) is 12.9. The smallest absolute Gasteiger partial charge is 0.143 e. The van der Waals surface area contributed by atoms with Crippen molar-refractivity contribution in [3.05, 3.63) is 206 Å². The monoisotopic (exact) mass is 738 g/mol. The molecule has 12 aromatic rings. The molecule has 0 aliphatic heterocycles. The number of rotatable bonds is 6. The van der Waals surface area contributed by atoms with Gasteiger partial charge in [-0.25, -0.2) is 0 Å². The molecule has 2 nitrogen and oxygen atoms in total. The van der Waals surface area contributed by atoms with Crippen LogP contribution in [0.2, 0.25) is 0 Å². The fourth-order valence-corrected chi connectivity index (χ4v) is 9.20. The molecule has 0 radical (unpaired) electrons. The lowest BCUT2D eigenvalue weighted by atomic mass is 9.87. The van der Waals surface area contributed by atoms with E-state index >= 15 is 0 Å². The van der Waals surface area contributed by atoms with E-state index in [1.165, 1.54) is 43.4 Å². The van der Waals surface area contributed by atoms with Gasteiger partial charge in [-0.3, -0.25) is 0 Å². The molecular formula is C56H34O2. The topological polar surface area (TPSA) is 26.3 Å². The maximum atomic E-state index is 6.77. The SMILES string of the molecule is c1ccc(-c2oc3cc(-c4ccc5ccc6c(-c7ccc8c(-c9ccccc9)c(-c9ccccc9)oc8c7)ccc7ccc4c5c76)ccc3c2-c2ccccc2)cc1. The van der Waals surface area contributed by atoms with Crippen LogP contribution in [0.5, 0.6) is 0 Å². The first-order valence-corrected chi connectivity index (χ1v) is 19.8. The predicted octanol–water partition coefficient (Wildman–Crippen LogP) is 16.1. The van der Waals surface area contributed by atoms with Crippen molar-refractivity contribution in [1.29, 1.82) is 0 Å². The van der Waals surface area contributed by atoms with Crippen LogP contribution in [0, 0.1) is 0 Å². The Morgan fingerprint density at radius 2 is 0.603 bits per heavy atom. The summed E-state index contributed by atoms with van der Waals surface area (Å²) in [5.41, 5.74) is 13.1. The van der Waals surface area contributed by atoms with Crippen molar-refractivity contribution in [2.45, 2.75) is 0 Å². The summed E-state index contributed by atoms with van der Waals surface area (Å²) in [6, 6.07) is 73.6. The van der Waals surface area contributed by atoms with Crippen LogP contribution >= 0.6 is 0 Å². The maximum absolute atomic E-state index is 6.77. The Morgan fingerprint density at radius 3 is 1.00 bits per heavy atom. The van der Waals surface area contributed by atoms with Gasteiger partial charge < -0.3 is 8.83 Å². The summed E-state index contributed by atoms with van der Waals surface area (Å²) in [7, 11) is 0. The summed E-state index contributed by atoms with van der Waals surface area (Å²) < 4.78 is 13.5. The molecule has 0 fully saturated rings. The average Bonchev–Trinajstić information content (AvgIpc) is 3.88. The van der Waals surface area contributed by atoms with E-state index < -0.39 is 0 Å². The molecule has 0 spiro atoms. The minimum atomic E-state index is 0.877. The van der Waals surface area contributed by atoms with Crippen molar-refractivity contribution in [2.24, 2.45) is 0 Å². The molecule has 0 amide bonds. The lowest BCUT2D eigenvalue weighted by Gasteiger charge is -2.16. The van der Waals surface area contributed by atoms with Crippen molar-refractivity contribution in [3.63, 3.8) is 0 Å². The highest BCUT2D eigenvalue weighted by Crippen LogP contribution is 2.47. The van der Waals surface area contributed by atoms with Crippen molar-refractivity contribution < 1.29 is 8.83 Å². The van der Waals surface area contributed by atoms with Gasteiger partial charge in [0, 0.05) is 33.0 Å². The van der Waals surface area contributed by atoms with E-state index in [1.807, 2.05) is 12.1 Å². The van der Waals surface area contributed by atoms with E-state index in [-0.39, 0.29) is 0 Å². The number of hydrogen-bond acceptors (Lipinski definition) is 2. The molecule has 0 N–H and O–H groups in total. The van der Waals surface area contributed by atoms with Gasteiger partial charge in [-0.2, -0.15) is 0 Å². The van der Waals surface area contributed by atoms with Crippen molar-refractivity contribution in [2.75, 3.05) is 0 Å². The molecule has 0 aliphatic carbocycles. The summed E-state index contributed by atoms with van der Waals surface area (Å²) in [5.74, 6) is 1.78. The number of fused-ring (bicyclic) bond motifs is 2. The van der Waals surface area contributed by atoms with E-state index in [9.17, 15) is 0 Å². The molecular weight excluding hydrogens is 705 g/mol. The number of benzene rings is 10. The largest absolute Gasteiger partial charge is 0.455 e. The third-order valence-corrected chi connectivity index (χ3v) is 11.9. The highest BCUT2D eigenvalue weighted by molar-refractivity contribution is 6.28. The van der Waals surface area contributed by atoms with Crippen molar-refractivity contribution >= 4 is 54.3 Å². The van der Waals surface area contributed by atoms with Crippen LogP contribution in [0.3, 0.4) is 0 Å². The zero-order valence-electron chi connectivity index (χ0n) is 31.4. The van der Waals surface area contributed by atoms with Gasteiger partial charge in [0.15, 0.2) is 0 Å². The Hall–Kier alpha value is -7.68. The minimum absolute atomic E-state index is 0.877. The lowest BCUT2D eigenvalue weighted by molar-refractivity contribution is 0.632. The summed E-state index contributed by atoms with van der Waals surface area (Å²) >= 11 is 0. The van der Waals surface area contributed by atoms with Crippen molar-refractivity contribution in [3.8, 4) is 67.2 Å². The first-order chi connectivity index (χ1) is 28.8. The van der Waals surface area contributed by atoms with Crippen molar-refractivity contribution in [1.82, 2.24) is 0 Å². The van der Waals surface area contributed by atoms with Crippen LogP contribution in [0.4, 0.5) is 0 Å². The molecule has 2 heterocycles. The lowest BCUT2D eigenvalue weighted by Crippen LogP contribution is -1.89. The minimum Gasteiger partial charge on any atom is -0.455 e. The summed E-state index contributed by atoms with van der Waals surface area (Å²) in [6.45, 7) is 0. The Morgan fingerprint density at radius 1 is 0.259 bits per heavy atom.